The Hall–Kier alpha value is -2.99. The molecule has 1 aliphatic rings. The number of carbonyl (C=O) groups excluding carboxylic acids is 1. The molecule has 1 aliphatic heterocycles. The average molecular weight is 433 g/mol. The molecule has 1 saturated heterocycles. The van der Waals surface area contributed by atoms with Gasteiger partial charge in [0.05, 0.1) is 5.52 Å². The van der Waals surface area contributed by atoms with Gasteiger partial charge in [0.1, 0.15) is 11.9 Å². The summed E-state index contributed by atoms with van der Waals surface area (Å²) in [6, 6.07) is 16.4. The molecule has 6 nitrogen and oxygen atoms in total. The van der Waals surface area contributed by atoms with Crippen molar-refractivity contribution in [3.8, 4) is 11.4 Å². The molecule has 1 aromatic heterocycles. The van der Waals surface area contributed by atoms with Gasteiger partial charge in [0.15, 0.2) is 5.82 Å². The maximum absolute atomic E-state index is 12.3. The monoisotopic (exact) mass is 432 g/mol. The molecular formula is C26H32N4O2. The molecule has 1 atom stereocenters. The van der Waals surface area contributed by atoms with Crippen LogP contribution in [0.25, 0.3) is 22.3 Å². The number of nitrogens with one attached hydrogen (secondary N) is 1. The third kappa shape index (κ3) is 5.07. The summed E-state index contributed by atoms with van der Waals surface area (Å²) < 4.78 is 0. The number of amides is 1. The molecule has 0 unspecified atom stereocenters. The van der Waals surface area contributed by atoms with Crippen LogP contribution < -0.4 is 10.2 Å². The first kappa shape index (κ1) is 22.2. The Bertz CT molecular complexity index is 1080. The topological polar surface area (TPSA) is 78.4 Å². The van der Waals surface area contributed by atoms with Gasteiger partial charge in [-0.1, -0.05) is 50.2 Å². The molecule has 2 N–H and O–H groups in total. The molecule has 2 heterocycles. The fraction of sp³-hybridized carbons (Fsp3) is 0.423. The van der Waals surface area contributed by atoms with Crippen molar-refractivity contribution in [3.63, 3.8) is 0 Å². The van der Waals surface area contributed by atoms with Crippen LogP contribution in [0.4, 0.5) is 5.82 Å². The lowest BCUT2D eigenvalue weighted by Crippen LogP contribution is -2.48. The summed E-state index contributed by atoms with van der Waals surface area (Å²) >= 11 is 0. The van der Waals surface area contributed by atoms with Crippen LogP contribution in [-0.4, -0.2) is 46.2 Å². The van der Waals surface area contributed by atoms with Crippen LogP contribution in [0.3, 0.4) is 0 Å². The second-order valence-corrected chi connectivity index (χ2v) is 9.17. The van der Waals surface area contributed by atoms with Crippen LogP contribution in [0.15, 0.2) is 48.5 Å². The highest BCUT2D eigenvalue weighted by Gasteiger charge is 2.26. The largest absolute Gasteiger partial charge is 0.383 e. The molecule has 3 aromatic rings. The standard InChI is InChI=1S/C26H32N4O2/c1-17(2)15-23(31)26(32)27-20-11-13-30(14-12-20)25-21-10-9-18(3)16-22(21)28-24(29-25)19-7-5-4-6-8-19/h4-10,16-17,20,23,31H,11-15H2,1-3H3,(H,27,32)/t23-/m0/s1. The van der Waals surface area contributed by atoms with E-state index in [9.17, 15) is 9.90 Å². The van der Waals surface area contributed by atoms with Crippen molar-refractivity contribution in [1.82, 2.24) is 15.3 Å². The minimum absolute atomic E-state index is 0.0736. The number of aliphatic hydroxyl groups excluding tert-OH is 1. The maximum Gasteiger partial charge on any atom is 0.249 e. The Labute approximate surface area is 189 Å². The van der Waals surface area contributed by atoms with Gasteiger partial charge in [0.2, 0.25) is 5.91 Å². The van der Waals surface area contributed by atoms with Crippen LogP contribution in [0.1, 0.15) is 38.7 Å². The number of hydrogen-bond donors (Lipinski definition) is 2. The van der Waals surface area contributed by atoms with E-state index in [1.807, 2.05) is 44.2 Å². The van der Waals surface area contributed by atoms with E-state index >= 15 is 0 Å². The predicted molar refractivity (Wildman–Crippen MR) is 129 cm³/mol. The highest BCUT2D eigenvalue weighted by atomic mass is 16.3. The first-order valence-electron chi connectivity index (χ1n) is 11.5. The van der Waals surface area contributed by atoms with E-state index < -0.39 is 6.10 Å². The predicted octanol–water partition coefficient (Wildman–Crippen LogP) is 4.10. The molecule has 0 radical (unpaired) electrons. The molecule has 0 aliphatic carbocycles. The molecular weight excluding hydrogens is 400 g/mol. The molecule has 32 heavy (non-hydrogen) atoms. The van der Waals surface area contributed by atoms with Crippen LogP contribution in [-0.2, 0) is 4.79 Å². The summed E-state index contributed by atoms with van der Waals surface area (Å²) in [7, 11) is 0. The molecule has 1 fully saturated rings. The second kappa shape index (κ2) is 9.65. The number of fused-ring (bicyclic) bond motifs is 1. The van der Waals surface area contributed by atoms with Crippen molar-refractivity contribution in [2.45, 2.75) is 52.2 Å². The molecule has 1 amide bonds. The molecule has 0 bridgehead atoms. The number of carbonyl (C=O) groups is 1. The van der Waals surface area contributed by atoms with Crippen molar-refractivity contribution in [3.05, 3.63) is 54.1 Å². The van der Waals surface area contributed by atoms with Crippen molar-refractivity contribution >= 4 is 22.6 Å². The number of rotatable bonds is 6. The molecule has 168 valence electrons. The zero-order valence-electron chi connectivity index (χ0n) is 19.1. The Morgan fingerprint density at radius 2 is 1.84 bits per heavy atom. The van der Waals surface area contributed by atoms with E-state index in [1.54, 1.807) is 0 Å². The summed E-state index contributed by atoms with van der Waals surface area (Å²) in [5.41, 5.74) is 3.11. The lowest BCUT2D eigenvalue weighted by Gasteiger charge is -2.34. The number of piperidine rings is 1. The van der Waals surface area contributed by atoms with Crippen molar-refractivity contribution in [2.24, 2.45) is 5.92 Å². The fourth-order valence-electron chi connectivity index (χ4n) is 4.27. The quantitative estimate of drug-likeness (QED) is 0.613. The molecule has 4 rings (SSSR count). The van der Waals surface area contributed by atoms with Gasteiger partial charge < -0.3 is 15.3 Å². The van der Waals surface area contributed by atoms with Crippen molar-refractivity contribution in [1.29, 1.82) is 0 Å². The minimum atomic E-state index is -0.935. The van der Waals surface area contributed by atoms with E-state index in [0.717, 1.165) is 54.0 Å². The highest BCUT2D eigenvalue weighted by molar-refractivity contribution is 5.91. The Kier molecular flexibility index (Phi) is 6.70. The van der Waals surface area contributed by atoms with Gasteiger partial charge in [0.25, 0.3) is 0 Å². The number of aliphatic hydroxyl groups is 1. The summed E-state index contributed by atoms with van der Waals surface area (Å²) in [5.74, 6) is 1.70. The highest BCUT2D eigenvalue weighted by Crippen LogP contribution is 2.30. The Morgan fingerprint density at radius 3 is 2.53 bits per heavy atom. The summed E-state index contributed by atoms with van der Waals surface area (Å²) in [6.07, 6.45) is 1.19. The lowest BCUT2D eigenvalue weighted by atomic mass is 10.0. The van der Waals surface area contributed by atoms with Crippen LogP contribution in [0, 0.1) is 12.8 Å². The van der Waals surface area contributed by atoms with Crippen LogP contribution in [0.2, 0.25) is 0 Å². The molecule has 0 spiro atoms. The number of aromatic nitrogens is 2. The van der Waals surface area contributed by atoms with Gasteiger partial charge in [0, 0.05) is 30.1 Å². The van der Waals surface area contributed by atoms with Gasteiger partial charge in [-0.05, 0) is 49.8 Å². The van der Waals surface area contributed by atoms with E-state index in [-0.39, 0.29) is 17.9 Å². The number of nitrogens with zero attached hydrogens (tertiary/aromatic N) is 3. The van der Waals surface area contributed by atoms with Crippen LogP contribution in [0.5, 0.6) is 0 Å². The maximum atomic E-state index is 12.3. The SMILES string of the molecule is Cc1ccc2c(N3CCC(NC(=O)[C@@H](O)CC(C)C)CC3)nc(-c3ccccc3)nc2c1. The minimum Gasteiger partial charge on any atom is -0.383 e. The zero-order valence-corrected chi connectivity index (χ0v) is 19.1. The van der Waals surface area contributed by atoms with Gasteiger partial charge >= 0.3 is 0 Å². The Balaban J connectivity index is 1.53. The zero-order chi connectivity index (χ0) is 22.7. The van der Waals surface area contributed by atoms with Gasteiger partial charge in [-0.15, -0.1) is 0 Å². The van der Waals surface area contributed by atoms with E-state index in [2.05, 4.69) is 35.3 Å². The van der Waals surface area contributed by atoms with E-state index in [1.165, 1.54) is 5.56 Å². The van der Waals surface area contributed by atoms with E-state index in [0.29, 0.717) is 6.42 Å². The summed E-state index contributed by atoms with van der Waals surface area (Å²) in [6.45, 7) is 7.67. The van der Waals surface area contributed by atoms with Gasteiger partial charge in [-0.3, -0.25) is 4.79 Å². The third-order valence-corrected chi connectivity index (χ3v) is 6.00. The number of anilines is 1. The van der Waals surface area contributed by atoms with Crippen molar-refractivity contribution in [2.75, 3.05) is 18.0 Å². The smallest absolute Gasteiger partial charge is 0.249 e. The molecule has 2 aromatic carbocycles. The number of hydrogen-bond acceptors (Lipinski definition) is 5. The first-order valence-corrected chi connectivity index (χ1v) is 11.5. The van der Waals surface area contributed by atoms with Gasteiger partial charge in [-0.25, -0.2) is 9.97 Å². The fourth-order valence-corrected chi connectivity index (χ4v) is 4.27. The third-order valence-electron chi connectivity index (χ3n) is 6.00. The molecule has 6 heteroatoms. The first-order chi connectivity index (χ1) is 15.4. The average Bonchev–Trinajstić information content (AvgIpc) is 2.78. The lowest BCUT2D eigenvalue weighted by molar-refractivity contribution is -0.130. The normalized spacial score (nSPS) is 15.8. The van der Waals surface area contributed by atoms with E-state index in [4.69, 9.17) is 9.97 Å². The number of benzene rings is 2. The second-order valence-electron chi connectivity index (χ2n) is 9.17. The summed E-state index contributed by atoms with van der Waals surface area (Å²) in [5, 5.41) is 14.2. The van der Waals surface area contributed by atoms with Crippen LogP contribution >= 0.6 is 0 Å². The Morgan fingerprint density at radius 1 is 1.12 bits per heavy atom. The molecule has 0 saturated carbocycles. The number of aryl methyl sites for hydroxylation is 1. The van der Waals surface area contributed by atoms with Crippen molar-refractivity contribution < 1.29 is 9.90 Å². The summed E-state index contributed by atoms with van der Waals surface area (Å²) in [4.78, 5) is 24.4. The van der Waals surface area contributed by atoms with Gasteiger partial charge in [-0.2, -0.15) is 0 Å².